The maximum Gasteiger partial charge on any atom is 0.123 e. The summed E-state index contributed by atoms with van der Waals surface area (Å²) in [5, 5.41) is 14.1. The van der Waals surface area contributed by atoms with E-state index < -0.39 is 0 Å². The Balaban J connectivity index is 1.97. The lowest BCUT2D eigenvalue weighted by Gasteiger charge is -2.39. The van der Waals surface area contributed by atoms with E-state index >= 15 is 0 Å². The van der Waals surface area contributed by atoms with Crippen LogP contribution in [0, 0.1) is 12.8 Å². The number of aryl methyl sites for hydroxylation is 1. The van der Waals surface area contributed by atoms with Gasteiger partial charge in [-0.05, 0) is 43.4 Å². The predicted molar refractivity (Wildman–Crippen MR) is 89.7 cm³/mol. The molecular formula is C17H25BrN2O. The minimum Gasteiger partial charge on any atom is -0.507 e. The minimum absolute atomic E-state index is 0.366. The largest absolute Gasteiger partial charge is 0.507 e. The molecule has 1 saturated carbocycles. The van der Waals surface area contributed by atoms with E-state index in [-0.39, 0.29) is 0 Å². The molecule has 3 nitrogen and oxygen atoms in total. The second-order valence-corrected chi connectivity index (χ2v) is 7.35. The summed E-state index contributed by atoms with van der Waals surface area (Å²) < 4.78 is 1.07. The van der Waals surface area contributed by atoms with Gasteiger partial charge in [0.05, 0.1) is 0 Å². The molecule has 1 heterocycles. The van der Waals surface area contributed by atoms with Crippen LogP contribution in [0.2, 0.25) is 0 Å². The third-order valence-electron chi connectivity index (χ3n) is 5.00. The normalized spacial score (nSPS) is 22.6. The van der Waals surface area contributed by atoms with Gasteiger partial charge in [0.15, 0.2) is 0 Å². The topological polar surface area (TPSA) is 35.5 Å². The number of aromatic hydroxyl groups is 1. The molecule has 1 aliphatic carbocycles. The van der Waals surface area contributed by atoms with Gasteiger partial charge in [-0.15, -0.1) is 0 Å². The van der Waals surface area contributed by atoms with Crippen molar-refractivity contribution in [3.63, 3.8) is 0 Å². The van der Waals surface area contributed by atoms with Gasteiger partial charge >= 0.3 is 0 Å². The molecular weight excluding hydrogens is 328 g/mol. The highest BCUT2D eigenvalue weighted by Crippen LogP contribution is 2.44. The molecule has 0 bridgehead atoms. The van der Waals surface area contributed by atoms with E-state index in [0.717, 1.165) is 41.8 Å². The van der Waals surface area contributed by atoms with Crippen molar-refractivity contribution >= 4 is 15.9 Å². The maximum absolute atomic E-state index is 10.6. The summed E-state index contributed by atoms with van der Waals surface area (Å²) in [7, 11) is 0. The van der Waals surface area contributed by atoms with Crippen molar-refractivity contribution in [3.8, 4) is 5.75 Å². The number of halogens is 1. The molecule has 0 unspecified atom stereocenters. The summed E-state index contributed by atoms with van der Waals surface area (Å²) in [5.41, 5.74) is 2.09. The summed E-state index contributed by atoms with van der Waals surface area (Å²) in [6.45, 7) is 6.25. The first-order chi connectivity index (χ1) is 10.2. The summed E-state index contributed by atoms with van der Waals surface area (Å²) in [4.78, 5) is 2.58. The van der Waals surface area contributed by atoms with Gasteiger partial charge in [0.25, 0.3) is 0 Å². The van der Waals surface area contributed by atoms with E-state index in [4.69, 9.17) is 0 Å². The van der Waals surface area contributed by atoms with Crippen LogP contribution in [-0.2, 0) is 0 Å². The number of hydrogen-bond acceptors (Lipinski definition) is 3. The van der Waals surface area contributed by atoms with E-state index in [9.17, 15) is 5.11 Å². The zero-order chi connectivity index (χ0) is 14.8. The molecule has 0 spiro atoms. The molecule has 1 saturated heterocycles. The van der Waals surface area contributed by atoms with Crippen LogP contribution in [0.3, 0.4) is 0 Å². The van der Waals surface area contributed by atoms with E-state index in [1.165, 1.54) is 25.7 Å². The quantitative estimate of drug-likeness (QED) is 0.872. The number of benzene rings is 1. The van der Waals surface area contributed by atoms with Crippen LogP contribution in [0.1, 0.15) is 42.9 Å². The van der Waals surface area contributed by atoms with Gasteiger partial charge in [-0.2, -0.15) is 0 Å². The summed E-state index contributed by atoms with van der Waals surface area (Å²) in [6, 6.07) is 4.50. The van der Waals surface area contributed by atoms with Crippen molar-refractivity contribution in [3.05, 3.63) is 27.7 Å². The smallest absolute Gasteiger partial charge is 0.123 e. The Morgan fingerprint density at radius 3 is 2.57 bits per heavy atom. The van der Waals surface area contributed by atoms with Gasteiger partial charge in [0.2, 0.25) is 0 Å². The molecule has 2 aliphatic rings. The predicted octanol–water partition coefficient (Wildman–Crippen LogP) is 3.60. The summed E-state index contributed by atoms with van der Waals surface area (Å²) in [5.74, 6) is 1.18. The molecule has 0 amide bonds. The van der Waals surface area contributed by atoms with Crippen molar-refractivity contribution in [2.75, 3.05) is 26.2 Å². The van der Waals surface area contributed by atoms with Gasteiger partial charge in [0, 0.05) is 42.3 Å². The molecule has 1 aromatic rings. The number of rotatable bonds is 3. The second-order valence-electron chi connectivity index (χ2n) is 6.44. The fourth-order valence-corrected chi connectivity index (χ4v) is 4.56. The second kappa shape index (κ2) is 6.67. The lowest BCUT2D eigenvalue weighted by molar-refractivity contribution is 0.123. The zero-order valence-electron chi connectivity index (χ0n) is 12.7. The van der Waals surface area contributed by atoms with E-state index in [1.54, 1.807) is 0 Å². The number of nitrogens with zero attached hydrogens (tertiary/aromatic N) is 1. The van der Waals surface area contributed by atoms with Crippen molar-refractivity contribution in [2.45, 2.75) is 38.6 Å². The van der Waals surface area contributed by atoms with Gasteiger partial charge in [-0.3, -0.25) is 4.90 Å². The Labute approximate surface area is 135 Å². The highest BCUT2D eigenvalue weighted by molar-refractivity contribution is 9.10. The molecule has 116 valence electrons. The molecule has 0 radical (unpaired) electrons. The third-order valence-corrected chi connectivity index (χ3v) is 5.46. The number of nitrogens with one attached hydrogen (secondary N) is 1. The molecule has 4 heteroatoms. The van der Waals surface area contributed by atoms with Crippen LogP contribution in [0.15, 0.2) is 16.6 Å². The molecule has 1 atom stereocenters. The Kier molecular flexibility index (Phi) is 4.87. The van der Waals surface area contributed by atoms with Gasteiger partial charge < -0.3 is 10.4 Å². The maximum atomic E-state index is 10.6. The first kappa shape index (κ1) is 15.3. The number of phenols is 1. The molecule has 1 aliphatic heterocycles. The third kappa shape index (κ3) is 3.27. The van der Waals surface area contributed by atoms with E-state index in [2.05, 4.69) is 32.2 Å². The van der Waals surface area contributed by atoms with Crippen LogP contribution in [0.5, 0.6) is 5.75 Å². The first-order valence-electron chi connectivity index (χ1n) is 8.10. The Morgan fingerprint density at radius 2 is 1.90 bits per heavy atom. The molecule has 1 aromatic carbocycles. The van der Waals surface area contributed by atoms with Crippen LogP contribution in [0.4, 0.5) is 0 Å². The number of hydrogen-bond donors (Lipinski definition) is 2. The van der Waals surface area contributed by atoms with Crippen LogP contribution in [-0.4, -0.2) is 36.2 Å². The average molecular weight is 353 g/mol. The van der Waals surface area contributed by atoms with E-state index in [0.29, 0.717) is 17.7 Å². The van der Waals surface area contributed by atoms with Crippen LogP contribution >= 0.6 is 15.9 Å². The highest BCUT2D eigenvalue weighted by atomic mass is 79.9. The lowest BCUT2D eigenvalue weighted by atomic mass is 9.88. The monoisotopic (exact) mass is 352 g/mol. The van der Waals surface area contributed by atoms with Crippen LogP contribution in [0.25, 0.3) is 0 Å². The zero-order valence-corrected chi connectivity index (χ0v) is 14.3. The Morgan fingerprint density at radius 1 is 1.24 bits per heavy atom. The fraction of sp³-hybridized carbons (Fsp3) is 0.647. The average Bonchev–Trinajstić information content (AvgIpc) is 2.99. The van der Waals surface area contributed by atoms with Gasteiger partial charge in [0.1, 0.15) is 5.75 Å². The number of piperazine rings is 1. The number of phenolic OH excluding ortho intramolecular Hbond substituents is 1. The first-order valence-corrected chi connectivity index (χ1v) is 8.90. The lowest BCUT2D eigenvalue weighted by Crippen LogP contribution is -2.46. The van der Waals surface area contributed by atoms with Crippen molar-refractivity contribution in [2.24, 2.45) is 5.92 Å². The molecule has 3 rings (SSSR count). The highest BCUT2D eigenvalue weighted by Gasteiger charge is 2.33. The van der Waals surface area contributed by atoms with Crippen molar-refractivity contribution in [1.29, 1.82) is 0 Å². The van der Waals surface area contributed by atoms with Crippen LogP contribution < -0.4 is 5.32 Å². The Bertz CT molecular complexity index is 494. The van der Waals surface area contributed by atoms with Gasteiger partial charge in [-0.25, -0.2) is 0 Å². The minimum atomic E-state index is 0.366. The SMILES string of the molecule is Cc1cc(Br)cc([C@H](C2CCCC2)N2CCNCC2)c1O. The molecule has 0 aromatic heterocycles. The summed E-state index contributed by atoms with van der Waals surface area (Å²) >= 11 is 3.61. The fourth-order valence-electron chi connectivity index (χ4n) is 3.97. The molecule has 2 N–H and O–H groups in total. The molecule has 2 fully saturated rings. The van der Waals surface area contributed by atoms with Crippen molar-refractivity contribution in [1.82, 2.24) is 10.2 Å². The molecule has 21 heavy (non-hydrogen) atoms. The Hall–Kier alpha value is -0.580. The van der Waals surface area contributed by atoms with Gasteiger partial charge in [-0.1, -0.05) is 28.8 Å². The standard InChI is InChI=1S/C17H25BrN2O/c1-12-10-14(18)11-15(17(12)21)16(13-4-2-3-5-13)20-8-6-19-7-9-20/h10-11,13,16,19,21H,2-9H2,1H3/t16-/m0/s1. The summed E-state index contributed by atoms with van der Waals surface area (Å²) in [6.07, 6.45) is 5.25. The van der Waals surface area contributed by atoms with E-state index in [1.807, 2.05) is 13.0 Å². The van der Waals surface area contributed by atoms with Crippen molar-refractivity contribution < 1.29 is 5.11 Å².